The van der Waals surface area contributed by atoms with Gasteiger partial charge in [0.15, 0.2) is 9.84 Å². The second-order valence-electron chi connectivity index (χ2n) is 6.06. The van der Waals surface area contributed by atoms with Crippen LogP contribution in [0.25, 0.3) is 0 Å². The molecule has 6 heteroatoms. The number of anilines is 2. The molecule has 126 valence electrons. The molecule has 0 saturated carbocycles. The fourth-order valence-corrected chi connectivity index (χ4v) is 4.66. The molecule has 1 N–H and O–H groups in total. The fraction of sp³-hybridized carbons (Fsp3) is 0.278. The van der Waals surface area contributed by atoms with Crippen LogP contribution in [0.3, 0.4) is 0 Å². The molecule has 0 radical (unpaired) electrons. The van der Waals surface area contributed by atoms with Crippen molar-refractivity contribution in [3.63, 3.8) is 0 Å². The maximum atomic E-state index is 12.8. The van der Waals surface area contributed by atoms with E-state index in [0.29, 0.717) is 17.8 Å². The van der Waals surface area contributed by atoms with Gasteiger partial charge in [0.1, 0.15) is 0 Å². The quantitative estimate of drug-likeness (QED) is 0.930. The van der Waals surface area contributed by atoms with Gasteiger partial charge in [-0.05, 0) is 43.2 Å². The number of nitrogens with zero attached hydrogens (tertiary/aromatic N) is 1. The monoisotopic (exact) mass is 344 g/mol. The predicted molar refractivity (Wildman–Crippen MR) is 96.2 cm³/mol. The van der Waals surface area contributed by atoms with Crippen LogP contribution in [0.4, 0.5) is 16.2 Å². The number of hydrogen-bond acceptors (Lipinski definition) is 3. The molecule has 1 fully saturated rings. The molecular weight excluding hydrogens is 324 g/mol. The van der Waals surface area contributed by atoms with Crippen molar-refractivity contribution in [3.8, 4) is 0 Å². The molecule has 3 rings (SSSR count). The number of nitrogens with one attached hydrogen (secondary N) is 1. The van der Waals surface area contributed by atoms with Gasteiger partial charge in [0, 0.05) is 11.4 Å². The summed E-state index contributed by atoms with van der Waals surface area (Å²) in [6.07, 6.45) is 0.457. The Bertz CT molecular complexity index is 834. The summed E-state index contributed by atoms with van der Waals surface area (Å²) in [4.78, 5) is 14.4. The second kappa shape index (κ2) is 6.65. The predicted octanol–water partition coefficient (Wildman–Crippen LogP) is 3.22. The minimum Gasteiger partial charge on any atom is -0.308 e. The summed E-state index contributed by atoms with van der Waals surface area (Å²) in [6.45, 7) is 1.95. The Balaban J connectivity index is 1.91. The average molecular weight is 344 g/mol. The molecule has 2 aromatic carbocycles. The molecule has 2 amide bonds. The van der Waals surface area contributed by atoms with E-state index in [2.05, 4.69) is 5.32 Å². The van der Waals surface area contributed by atoms with Gasteiger partial charge in [-0.15, -0.1) is 0 Å². The van der Waals surface area contributed by atoms with Crippen LogP contribution in [-0.2, 0) is 9.84 Å². The number of benzene rings is 2. The maximum Gasteiger partial charge on any atom is 0.326 e. The van der Waals surface area contributed by atoms with E-state index in [0.717, 1.165) is 5.56 Å². The van der Waals surface area contributed by atoms with Crippen molar-refractivity contribution in [1.29, 1.82) is 0 Å². The SMILES string of the molecule is Cc1cccc(N(C(=O)Nc2ccccc2)[C@@H]2CCS(=O)(=O)C2)c1. The number of aryl methyl sites for hydroxylation is 1. The molecule has 0 aromatic heterocycles. The molecule has 0 aliphatic carbocycles. The normalized spacial score (nSPS) is 19.0. The third-order valence-electron chi connectivity index (χ3n) is 4.10. The molecule has 1 saturated heterocycles. The second-order valence-corrected chi connectivity index (χ2v) is 8.29. The Morgan fingerprint density at radius 2 is 1.88 bits per heavy atom. The van der Waals surface area contributed by atoms with Gasteiger partial charge in [0.2, 0.25) is 0 Å². The van der Waals surface area contributed by atoms with Gasteiger partial charge in [0.25, 0.3) is 0 Å². The molecule has 0 bridgehead atoms. The standard InChI is InChI=1S/C18H20N2O3S/c1-14-6-5-9-16(12-14)20(17-10-11-24(22,23)13-17)18(21)19-15-7-3-2-4-8-15/h2-9,12,17H,10-11,13H2,1H3,(H,19,21)/t17-/m1/s1. The Hall–Kier alpha value is -2.34. The van der Waals surface area contributed by atoms with E-state index in [1.165, 1.54) is 0 Å². The molecule has 1 heterocycles. The van der Waals surface area contributed by atoms with E-state index in [4.69, 9.17) is 0 Å². The molecule has 0 unspecified atom stereocenters. The highest BCUT2D eigenvalue weighted by Crippen LogP contribution is 2.26. The summed E-state index contributed by atoms with van der Waals surface area (Å²) >= 11 is 0. The van der Waals surface area contributed by atoms with Gasteiger partial charge >= 0.3 is 6.03 Å². The molecule has 1 aliphatic heterocycles. The van der Waals surface area contributed by atoms with Crippen LogP contribution >= 0.6 is 0 Å². The van der Waals surface area contributed by atoms with Crippen molar-refractivity contribution >= 4 is 27.2 Å². The lowest BCUT2D eigenvalue weighted by atomic mass is 10.1. The Kier molecular flexibility index (Phi) is 4.57. The first-order valence-corrected chi connectivity index (χ1v) is 9.69. The topological polar surface area (TPSA) is 66.5 Å². The number of hydrogen-bond donors (Lipinski definition) is 1. The van der Waals surface area contributed by atoms with Crippen LogP contribution in [-0.4, -0.2) is 32.0 Å². The highest BCUT2D eigenvalue weighted by Gasteiger charge is 2.35. The summed E-state index contributed by atoms with van der Waals surface area (Å²) in [5, 5.41) is 2.86. The number of rotatable bonds is 3. The first-order chi connectivity index (χ1) is 11.4. The molecule has 2 aromatic rings. The lowest BCUT2D eigenvalue weighted by Gasteiger charge is -2.28. The van der Waals surface area contributed by atoms with Gasteiger partial charge < -0.3 is 5.32 Å². The minimum absolute atomic E-state index is 0.00313. The van der Waals surface area contributed by atoms with E-state index in [-0.39, 0.29) is 23.6 Å². The van der Waals surface area contributed by atoms with Crippen molar-refractivity contribution in [2.75, 3.05) is 21.7 Å². The summed E-state index contributed by atoms with van der Waals surface area (Å²) in [6, 6.07) is 16.1. The third-order valence-corrected chi connectivity index (χ3v) is 5.85. The number of sulfone groups is 1. The number of para-hydroxylation sites is 1. The first-order valence-electron chi connectivity index (χ1n) is 7.87. The molecule has 5 nitrogen and oxygen atoms in total. The zero-order valence-corrected chi connectivity index (χ0v) is 14.3. The van der Waals surface area contributed by atoms with Crippen molar-refractivity contribution in [2.45, 2.75) is 19.4 Å². The van der Waals surface area contributed by atoms with Crippen LogP contribution < -0.4 is 10.2 Å². The van der Waals surface area contributed by atoms with Gasteiger partial charge in [-0.25, -0.2) is 13.2 Å². The van der Waals surface area contributed by atoms with E-state index in [1.54, 1.807) is 17.0 Å². The van der Waals surface area contributed by atoms with E-state index < -0.39 is 9.84 Å². The van der Waals surface area contributed by atoms with Crippen LogP contribution in [0.1, 0.15) is 12.0 Å². The average Bonchev–Trinajstić information content (AvgIpc) is 2.88. The summed E-state index contributed by atoms with van der Waals surface area (Å²) in [7, 11) is -3.09. The largest absolute Gasteiger partial charge is 0.326 e. The number of carbonyl (C=O) groups is 1. The molecule has 0 spiro atoms. The Labute approximate surface area is 142 Å². The smallest absolute Gasteiger partial charge is 0.308 e. The summed E-state index contributed by atoms with van der Waals surface area (Å²) in [5.41, 5.74) is 2.41. The van der Waals surface area contributed by atoms with Crippen LogP contribution in [0, 0.1) is 6.92 Å². The van der Waals surface area contributed by atoms with E-state index in [1.807, 2.05) is 49.4 Å². The van der Waals surface area contributed by atoms with Crippen LogP contribution in [0.5, 0.6) is 0 Å². The van der Waals surface area contributed by atoms with Gasteiger partial charge in [-0.3, -0.25) is 4.90 Å². The Morgan fingerprint density at radius 1 is 1.12 bits per heavy atom. The summed E-state index contributed by atoms with van der Waals surface area (Å²) in [5.74, 6) is 0.127. The highest BCUT2D eigenvalue weighted by molar-refractivity contribution is 7.91. The lowest BCUT2D eigenvalue weighted by Crippen LogP contribution is -2.44. The zero-order valence-electron chi connectivity index (χ0n) is 13.5. The van der Waals surface area contributed by atoms with Gasteiger partial charge in [-0.1, -0.05) is 30.3 Å². The van der Waals surface area contributed by atoms with Crippen molar-refractivity contribution < 1.29 is 13.2 Å². The first kappa shape index (κ1) is 16.5. The maximum absolute atomic E-state index is 12.8. The third kappa shape index (κ3) is 3.76. The van der Waals surface area contributed by atoms with Crippen molar-refractivity contribution in [2.24, 2.45) is 0 Å². The number of amides is 2. The van der Waals surface area contributed by atoms with E-state index >= 15 is 0 Å². The molecule has 24 heavy (non-hydrogen) atoms. The molecule has 1 aliphatic rings. The minimum atomic E-state index is -3.09. The number of urea groups is 1. The van der Waals surface area contributed by atoms with Crippen molar-refractivity contribution in [1.82, 2.24) is 0 Å². The highest BCUT2D eigenvalue weighted by atomic mass is 32.2. The number of carbonyl (C=O) groups excluding carboxylic acids is 1. The van der Waals surface area contributed by atoms with E-state index in [9.17, 15) is 13.2 Å². The zero-order chi connectivity index (χ0) is 17.2. The molecule has 1 atom stereocenters. The fourth-order valence-electron chi connectivity index (χ4n) is 2.96. The summed E-state index contributed by atoms with van der Waals surface area (Å²) < 4.78 is 23.7. The van der Waals surface area contributed by atoms with Gasteiger partial charge in [-0.2, -0.15) is 0 Å². The van der Waals surface area contributed by atoms with Crippen molar-refractivity contribution in [3.05, 3.63) is 60.2 Å². The van der Waals surface area contributed by atoms with Crippen LogP contribution in [0.15, 0.2) is 54.6 Å². The van der Waals surface area contributed by atoms with Gasteiger partial charge in [0.05, 0.1) is 17.5 Å². The Morgan fingerprint density at radius 3 is 2.50 bits per heavy atom. The lowest BCUT2D eigenvalue weighted by molar-refractivity contribution is 0.255. The molecular formula is C18H20N2O3S. The van der Waals surface area contributed by atoms with Crippen LogP contribution in [0.2, 0.25) is 0 Å².